The number of ether oxygens (including phenoxy) is 1. The second kappa shape index (κ2) is 3.67. The van der Waals surface area contributed by atoms with E-state index in [1.165, 1.54) is 5.56 Å². The molecule has 1 rings (SSSR count). The molecule has 60 valence electrons. The third-order valence-corrected chi connectivity index (χ3v) is 2.09. The maximum atomic E-state index is 5.05. The highest BCUT2D eigenvalue weighted by Gasteiger charge is 1.97. The predicted molar refractivity (Wildman–Crippen MR) is 49.6 cm³/mol. The van der Waals surface area contributed by atoms with Crippen molar-refractivity contribution in [3.63, 3.8) is 0 Å². The first-order chi connectivity index (χ1) is 5.27. The van der Waals surface area contributed by atoms with E-state index in [1.54, 1.807) is 7.11 Å². The SMILES string of the molecule is CCc1ccc(OC)cc1S. The molecule has 0 fully saturated rings. The van der Waals surface area contributed by atoms with Crippen LogP contribution in [0, 0.1) is 0 Å². The van der Waals surface area contributed by atoms with Crippen molar-refractivity contribution in [1.29, 1.82) is 0 Å². The van der Waals surface area contributed by atoms with Gasteiger partial charge >= 0.3 is 0 Å². The molecule has 0 N–H and O–H groups in total. The second-order valence-electron chi connectivity index (χ2n) is 2.35. The minimum absolute atomic E-state index is 0.868. The Labute approximate surface area is 72.8 Å². The van der Waals surface area contributed by atoms with Gasteiger partial charge in [0.2, 0.25) is 0 Å². The van der Waals surface area contributed by atoms with Crippen LogP contribution in [0.15, 0.2) is 23.1 Å². The van der Waals surface area contributed by atoms with Crippen molar-refractivity contribution in [2.45, 2.75) is 18.2 Å². The van der Waals surface area contributed by atoms with Gasteiger partial charge in [0.05, 0.1) is 7.11 Å². The maximum Gasteiger partial charge on any atom is 0.119 e. The van der Waals surface area contributed by atoms with Crippen LogP contribution in [0.5, 0.6) is 5.75 Å². The van der Waals surface area contributed by atoms with E-state index in [-0.39, 0.29) is 0 Å². The van der Waals surface area contributed by atoms with Gasteiger partial charge in [0, 0.05) is 4.90 Å². The molecule has 0 unspecified atom stereocenters. The topological polar surface area (TPSA) is 9.23 Å². The Bertz CT molecular complexity index is 245. The molecule has 0 amide bonds. The van der Waals surface area contributed by atoms with Crippen molar-refractivity contribution >= 4 is 12.6 Å². The number of thiol groups is 1. The molecule has 1 aromatic rings. The van der Waals surface area contributed by atoms with Crippen molar-refractivity contribution in [3.05, 3.63) is 23.8 Å². The molecule has 0 bridgehead atoms. The van der Waals surface area contributed by atoms with Gasteiger partial charge in [-0.05, 0) is 24.1 Å². The fraction of sp³-hybridized carbons (Fsp3) is 0.333. The first-order valence-electron chi connectivity index (χ1n) is 3.63. The quantitative estimate of drug-likeness (QED) is 0.668. The lowest BCUT2D eigenvalue weighted by molar-refractivity contribution is 0.413. The van der Waals surface area contributed by atoms with E-state index in [0.29, 0.717) is 0 Å². The zero-order valence-corrected chi connectivity index (χ0v) is 7.69. The van der Waals surface area contributed by atoms with Crippen molar-refractivity contribution in [2.75, 3.05) is 7.11 Å². The van der Waals surface area contributed by atoms with Gasteiger partial charge in [-0.15, -0.1) is 12.6 Å². The lowest BCUT2D eigenvalue weighted by Crippen LogP contribution is -1.86. The van der Waals surface area contributed by atoms with E-state index in [0.717, 1.165) is 17.1 Å². The molecule has 0 aliphatic rings. The van der Waals surface area contributed by atoms with E-state index in [9.17, 15) is 0 Å². The van der Waals surface area contributed by atoms with Crippen LogP contribution >= 0.6 is 12.6 Å². The maximum absolute atomic E-state index is 5.05. The molecular weight excluding hydrogens is 156 g/mol. The van der Waals surface area contributed by atoms with Crippen LogP contribution in [0.4, 0.5) is 0 Å². The Morgan fingerprint density at radius 3 is 2.64 bits per heavy atom. The number of aryl methyl sites for hydroxylation is 1. The summed E-state index contributed by atoms with van der Waals surface area (Å²) in [5.74, 6) is 0.868. The third kappa shape index (κ3) is 1.90. The molecule has 0 aliphatic carbocycles. The van der Waals surface area contributed by atoms with Crippen LogP contribution in [0.25, 0.3) is 0 Å². The summed E-state index contributed by atoms with van der Waals surface area (Å²) in [6, 6.07) is 5.93. The highest BCUT2D eigenvalue weighted by molar-refractivity contribution is 7.80. The molecule has 0 saturated heterocycles. The summed E-state index contributed by atoms with van der Waals surface area (Å²) in [6.45, 7) is 2.11. The molecule has 11 heavy (non-hydrogen) atoms. The summed E-state index contributed by atoms with van der Waals surface area (Å²) >= 11 is 4.32. The second-order valence-corrected chi connectivity index (χ2v) is 2.83. The van der Waals surface area contributed by atoms with E-state index < -0.39 is 0 Å². The molecule has 1 aromatic carbocycles. The molecule has 0 aliphatic heterocycles. The molecule has 0 aromatic heterocycles. The minimum Gasteiger partial charge on any atom is -0.497 e. The molecule has 0 radical (unpaired) electrons. The van der Waals surface area contributed by atoms with Crippen molar-refractivity contribution in [2.24, 2.45) is 0 Å². The van der Waals surface area contributed by atoms with Crippen LogP contribution in [0.3, 0.4) is 0 Å². The average Bonchev–Trinajstić information content (AvgIpc) is 2.04. The Morgan fingerprint density at radius 1 is 1.45 bits per heavy atom. The van der Waals surface area contributed by atoms with Gasteiger partial charge in [-0.3, -0.25) is 0 Å². The minimum atomic E-state index is 0.868. The van der Waals surface area contributed by atoms with Crippen molar-refractivity contribution in [1.82, 2.24) is 0 Å². The van der Waals surface area contributed by atoms with Gasteiger partial charge in [-0.1, -0.05) is 13.0 Å². The van der Waals surface area contributed by atoms with E-state index in [4.69, 9.17) is 4.74 Å². The molecule has 0 spiro atoms. The molecule has 2 heteroatoms. The lowest BCUT2D eigenvalue weighted by Gasteiger charge is -2.04. The molecular formula is C9H12OS. The summed E-state index contributed by atoms with van der Waals surface area (Å²) in [5, 5.41) is 0. The number of hydrogen-bond acceptors (Lipinski definition) is 2. The van der Waals surface area contributed by atoms with Crippen LogP contribution in [0.2, 0.25) is 0 Å². The highest BCUT2D eigenvalue weighted by Crippen LogP contribution is 2.20. The Hall–Kier alpha value is -0.630. The summed E-state index contributed by atoms with van der Waals surface area (Å²) in [6.07, 6.45) is 1.02. The largest absolute Gasteiger partial charge is 0.497 e. The van der Waals surface area contributed by atoms with Crippen molar-refractivity contribution < 1.29 is 4.74 Å². The first-order valence-corrected chi connectivity index (χ1v) is 4.08. The molecule has 0 atom stereocenters. The smallest absolute Gasteiger partial charge is 0.119 e. The van der Waals surface area contributed by atoms with Gasteiger partial charge < -0.3 is 4.74 Å². The first kappa shape index (κ1) is 8.47. The molecule has 0 saturated carbocycles. The van der Waals surface area contributed by atoms with Crippen LogP contribution in [-0.4, -0.2) is 7.11 Å². The molecule has 0 heterocycles. The normalized spacial score (nSPS) is 9.73. The van der Waals surface area contributed by atoms with Gasteiger partial charge in [0.25, 0.3) is 0 Å². The van der Waals surface area contributed by atoms with Crippen LogP contribution in [0.1, 0.15) is 12.5 Å². The van der Waals surface area contributed by atoms with Gasteiger partial charge in [0.1, 0.15) is 5.75 Å². The lowest BCUT2D eigenvalue weighted by atomic mass is 10.2. The van der Waals surface area contributed by atoms with Gasteiger partial charge in [0.15, 0.2) is 0 Å². The number of methoxy groups -OCH3 is 1. The Kier molecular flexibility index (Phi) is 2.83. The third-order valence-electron chi connectivity index (χ3n) is 1.67. The fourth-order valence-electron chi connectivity index (χ4n) is 0.970. The van der Waals surface area contributed by atoms with E-state index in [2.05, 4.69) is 19.6 Å². The van der Waals surface area contributed by atoms with Crippen molar-refractivity contribution in [3.8, 4) is 5.75 Å². The zero-order chi connectivity index (χ0) is 8.27. The average molecular weight is 168 g/mol. The summed E-state index contributed by atoms with van der Waals surface area (Å²) in [5.41, 5.74) is 1.26. The van der Waals surface area contributed by atoms with E-state index >= 15 is 0 Å². The zero-order valence-electron chi connectivity index (χ0n) is 6.79. The van der Waals surface area contributed by atoms with Crippen LogP contribution < -0.4 is 4.74 Å². The summed E-state index contributed by atoms with van der Waals surface area (Å²) < 4.78 is 5.05. The highest BCUT2D eigenvalue weighted by atomic mass is 32.1. The fourth-order valence-corrected chi connectivity index (χ4v) is 1.33. The Morgan fingerprint density at radius 2 is 2.18 bits per heavy atom. The monoisotopic (exact) mass is 168 g/mol. The Balaban J connectivity index is 2.99. The van der Waals surface area contributed by atoms with E-state index in [1.807, 2.05) is 18.2 Å². The summed E-state index contributed by atoms with van der Waals surface area (Å²) in [7, 11) is 1.66. The van der Waals surface area contributed by atoms with Gasteiger partial charge in [-0.25, -0.2) is 0 Å². The number of rotatable bonds is 2. The van der Waals surface area contributed by atoms with Gasteiger partial charge in [-0.2, -0.15) is 0 Å². The number of benzene rings is 1. The van der Waals surface area contributed by atoms with Crippen LogP contribution in [-0.2, 0) is 6.42 Å². The standard InChI is InChI=1S/C9H12OS/c1-3-7-4-5-8(10-2)6-9(7)11/h4-6,11H,3H2,1-2H3. The summed E-state index contributed by atoms with van der Waals surface area (Å²) in [4.78, 5) is 1.01. The number of hydrogen-bond donors (Lipinski definition) is 1. The molecule has 1 nitrogen and oxygen atoms in total. The predicted octanol–water partition coefficient (Wildman–Crippen LogP) is 2.55.